The minimum absolute atomic E-state index is 0.0117. The molecule has 19 heavy (non-hydrogen) atoms. The summed E-state index contributed by atoms with van der Waals surface area (Å²) < 4.78 is 27.4. The third-order valence-corrected chi connectivity index (χ3v) is 5.54. The van der Waals surface area contributed by atoms with Crippen LogP contribution in [-0.4, -0.2) is 14.5 Å². The van der Waals surface area contributed by atoms with Gasteiger partial charge in [-0.1, -0.05) is 24.6 Å². The zero-order valence-corrected chi connectivity index (χ0v) is 12.5. The molecule has 2 atom stereocenters. The summed E-state index contributed by atoms with van der Waals surface area (Å²) in [6.45, 7) is 2.43. The van der Waals surface area contributed by atoms with Crippen LogP contribution in [0, 0.1) is 5.92 Å². The van der Waals surface area contributed by atoms with Crippen molar-refractivity contribution < 1.29 is 8.42 Å². The first-order valence-electron chi connectivity index (χ1n) is 6.43. The van der Waals surface area contributed by atoms with Gasteiger partial charge in [0.05, 0.1) is 5.02 Å². The monoisotopic (exact) mass is 302 g/mol. The van der Waals surface area contributed by atoms with Crippen molar-refractivity contribution in [1.29, 1.82) is 0 Å². The molecule has 0 aliphatic heterocycles. The number of nitrogens with two attached hydrogens (primary N) is 1. The fraction of sp³-hybridized carbons (Fsp3) is 0.538. The molecule has 0 spiro atoms. The quantitative estimate of drug-likeness (QED) is 0.896. The summed E-state index contributed by atoms with van der Waals surface area (Å²) in [5.41, 5.74) is 6.29. The van der Waals surface area contributed by atoms with Crippen LogP contribution in [0.25, 0.3) is 0 Å². The van der Waals surface area contributed by atoms with Crippen LogP contribution >= 0.6 is 11.6 Å². The van der Waals surface area contributed by atoms with Crippen molar-refractivity contribution in [2.75, 3.05) is 0 Å². The maximum atomic E-state index is 12.3. The molecule has 3 N–H and O–H groups in total. The maximum absolute atomic E-state index is 12.3. The summed E-state index contributed by atoms with van der Waals surface area (Å²) in [4.78, 5) is 0.122. The number of nitrogens with one attached hydrogen (secondary N) is 1. The Bertz CT molecular complexity index is 560. The van der Waals surface area contributed by atoms with Crippen molar-refractivity contribution in [1.82, 2.24) is 4.72 Å². The predicted octanol–water partition coefficient (Wildman–Crippen LogP) is 2.27. The van der Waals surface area contributed by atoms with Gasteiger partial charge in [0.25, 0.3) is 0 Å². The van der Waals surface area contributed by atoms with Gasteiger partial charge in [0.1, 0.15) is 4.90 Å². The Morgan fingerprint density at radius 3 is 2.74 bits per heavy atom. The summed E-state index contributed by atoms with van der Waals surface area (Å²) in [6, 6.07) is 4.87. The Kier molecular flexibility index (Phi) is 4.50. The lowest BCUT2D eigenvalue weighted by atomic mass is 10.1. The van der Waals surface area contributed by atoms with Gasteiger partial charge in [0, 0.05) is 12.6 Å². The van der Waals surface area contributed by atoms with Gasteiger partial charge in [-0.15, -0.1) is 0 Å². The van der Waals surface area contributed by atoms with Crippen LogP contribution in [0.2, 0.25) is 5.02 Å². The van der Waals surface area contributed by atoms with E-state index in [1.807, 2.05) is 0 Å². The first-order valence-corrected chi connectivity index (χ1v) is 8.29. The average molecular weight is 303 g/mol. The second-order valence-corrected chi connectivity index (χ2v) is 7.29. The molecule has 0 aromatic heterocycles. The maximum Gasteiger partial charge on any atom is 0.242 e. The number of halogens is 1. The van der Waals surface area contributed by atoms with Crippen molar-refractivity contribution >= 4 is 21.6 Å². The highest BCUT2D eigenvalue weighted by molar-refractivity contribution is 7.89. The van der Waals surface area contributed by atoms with E-state index in [0.717, 1.165) is 24.8 Å². The van der Waals surface area contributed by atoms with Crippen molar-refractivity contribution in [3.8, 4) is 0 Å². The third kappa shape index (κ3) is 3.48. The Morgan fingerprint density at radius 1 is 1.42 bits per heavy atom. The zero-order valence-electron chi connectivity index (χ0n) is 10.9. The van der Waals surface area contributed by atoms with E-state index < -0.39 is 10.0 Å². The van der Waals surface area contributed by atoms with Crippen LogP contribution in [-0.2, 0) is 16.6 Å². The van der Waals surface area contributed by atoms with Crippen LogP contribution < -0.4 is 10.5 Å². The molecule has 1 saturated carbocycles. The summed E-state index contributed by atoms with van der Waals surface area (Å²) >= 11 is 5.99. The van der Waals surface area contributed by atoms with E-state index in [0.29, 0.717) is 12.5 Å². The fourth-order valence-corrected chi connectivity index (χ4v) is 4.31. The lowest BCUT2D eigenvalue weighted by Gasteiger charge is -2.14. The van der Waals surface area contributed by atoms with E-state index in [1.54, 1.807) is 18.2 Å². The van der Waals surface area contributed by atoms with E-state index in [4.69, 9.17) is 17.3 Å². The number of benzene rings is 1. The molecule has 2 unspecified atom stereocenters. The highest BCUT2D eigenvalue weighted by Crippen LogP contribution is 2.28. The topological polar surface area (TPSA) is 72.2 Å². The fourth-order valence-electron chi connectivity index (χ4n) is 2.48. The largest absolute Gasteiger partial charge is 0.326 e. The molecule has 0 radical (unpaired) electrons. The van der Waals surface area contributed by atoms with Crippen molar-refractivity contribution in [3.63, 3.8) is 0 Å². The van der Waals surface area contributed by atoms with Crippen molar-refractivity contribution in [3.05, 3.63) is 28.8 Å². The molecular weight excluding hydrogens is 284 g/mol. The van der Waals surface area contributed by atoms with E-state index in [-0.39, 0.29) is 16.0 Å². The van der Waals surface area contributed by atoms with Gasteiger partial charge in [-0.2, -0.15) is 0 Å². The van der Waals surface area contributed by atoms with E-state index in [2.05, 4.69) is 11.6 Å². The molecule has 0 heterocycles. The van der Waals surface area contributed by atoms with Crippen LogP contribution in [0.15, 0.2) is 23.1 Å². The normalized spacial score (nSPS) is 23.7. The Hall–Kier alpha value is -0.620. The smallest absolute Gasteiger partial charge is 0.242 e. The molecule has 1 fully saturated rings. The van der Waals surface area contributed by atoms with Gasteiger partial charge in [0.15, 0.2) is 0 Å². The minimum atomic E-state index is -3.57. The second kappa shape index (κ2) is 5.79. The first kappa shape index (κ1) is 14.8. The molecule has 1 aromatic rings. The Labute approximate surface area is 119 Å². The minimum Gasteiger partial charge on any atom is -0.326 e. The molecule has 6 heteroatoms. The molecular formula is C13H19ClN2O2S. The summed E-state index contributed by atoms with van der Waals surface area (Å²) in [6.07, 6.45) is 2.83. The number of hydrogen-bond acceptors (Lipinski definition) is 3. The van der Waals surface area contributed by atoms with E-state index in [9.17, 15) is 8.42 Å². The SMILES string of the molecule is CC1CCC(NS(=O)(=O)c2cc(CN)ccc2Cl)C1. The molecule has 0 bridgehead atoms. The standard InChI is InChI=1S/C13H19ClN2O2S/c1-9-2-4-11(6-9)16-19(17,18)13-7-10(8-15)3-5-12(13)14/h3,5,7,9,11,16H,2,4,6,8,15H2,1H3. The lowest BCUT2D eigenvalue weighted by molar-refractivity contribution is 0.538. The average Bonchev–Trinajstić information content (AvgIpc) is 2.74. The number of hydrogen-bond donors (Lipinski definition) is 2. The van der Waals surface area contributed by atoms with Crippen LogP contribution in [0.3, 0.4) is 0 Å². The lowest BCUT2D eigenvalue weighted by Crippen LogP contribution is -2.33. The molecule has 2 rings (SSSR count). The molecule has 1 aliphatic rings. The van der Waals surface area contributed by atoms with Gasteiger partial charge in [-0.3, -0.25) is 0 Å². The van der Waals surface area contributed by atoms with Gasteiger partial charge in [-0.05, 0) is 42.9 Å². The van der Waals surface area contributed by atoms with Crippen LogP contribution in [0.4, 0.5) is 0 Å². The Morgan fingerprint density at radius 2 is 2.16 bits per heavy atom. The van der Waals surface area contributed by atoms with Crippen LogP contribution in [0.1, 0.15) is 31.7 Å². The summed E-state index contributed by atoms with van der Waals surface area (Å²) in [5.74, 6) is 0.568. The molecule has 1 aliphatic carbocycles. The molecule has 106 valence electrons. The van der Waals surface area contributed by atoms with E-state index >= 15 is 0 Å². The second-order valence-electron chi connectivity index (χ2n) is 5.21. The van der Waals surface area contributed by atoms with Gasteiger partial charge in [-0.25, -0.2) is 13.1 Å². The highest BCUT2D eigenvalue weighted by Gasteiger charge is 2.27. The highest BCUT2D eigenvalue weighted by atomic mass is 35.5. The molecule has 1 aromatic carbocycles. The molecule has 0 amide bonds. The summed E-state index contributed by atoms with van der Waals surface area (Å²) in [5, 5.41) is 0.232. The van der Waals surface area contributed by atoms with Gasteiger partial charge in [0.2, 0.25) is 10.0 Å². The van der Waals surface area contributed by atoms with Crippen molar-refractivity contribution in [2.24, 2.45) is 11.7 Å². The molecule has 4 nitrogen and oxygen atoms in total. The van der Waals surface area contributed by atoms with Crippen LogP contribution in [0.5, 0.6) is 0 Å². The third-order valence-electron chi connectivity index (χ3n) is 3.54. The molecule has 0 saturated heterocycles. The summed E-state index contributed by atoms with van der Waals surface area (Å²) in [7, 11) is -3.57. The van der Waals surface area contributed by atoms with E-state index in [1.165, 1.54) is 0 Å². The number of sulfonamides is 1. The Balaban J connectivity index is 2.24. The predicted molar refractivity (Wildman–Crippen MR) is 76.5 cm³/mol. The number of rotatable bonds is 4. The van der Waals surface area contributed by atoms with Gasteiger partial charge >= 0.3 is 0 Å². The zero-order chi connectivity index (χ0) is 14.0. The van der Waals surface area contributed by atoms with Gasteiger partial charge < -0.3 is 5.73 Å². The van der Waals surface area contributed by atoms with Crippen molar-refractivity contribution in [2.45, 2.75) is 43.7 Å². The first-order chi connectivity index (χ1) is 8.92.